The van der Waals surface area contributed by atoms with Crippen LogP contribution in [0.25, 0.3) is 33.4 Å². The van der Waals surface area contributed by atoms with E-state index in [4.69, 9.17) is 19.4 Å². The van der Waals surface area contributed by atoms with Gasteiger partial charge in [0.2, 0.25) is 0 Å². The Bertz CT molecular complexity index is 1210. The van der Waals surface area contributed by atoms with Crippen LogP contribution in [0.2, 0.25) is 0 Å². The van der Waals surface area contributed by atoms with Crippen LogP contribution in [-0.2, 0) is 4.74 Å². The summed E-state index contributed by atoms with van der Waals surface area (Å²) in [6.07, 6.45) is 1.93. The average molecular weight is 417 g/mol. The van der Waals surface area contributed by atoms with Crippen LogP contribution in [0.15, 0.2) is 65.8 Å². The van der Waals surface area contributed by atoms with Gasteiger partial charge in [0.25, 0.3) is 0 Å². The lowest BCUT2D eigenvalue weighted by Gasteiger charge is -2.13. The van der Waals surface area contributed by atoms with Crippen molar-refractivity contribution in [1.29, 1.82) is 0 Å². The Kier molecular flexibility index (Phi) is 5.63. The second kappa shape index (κ2) is 8.51. The van der Waals surface area contributed by atoms with Gasteiger partial charge in [0.05, 0.1) is 14.2 Å². The van der Waals surface area contributed by atoms with Crippen molar-refractivity contribution in [3.05, 3.63) is 66.4 Å². The molecular formula is C23H19N3O3S. The molecule has 0 unspecified atom stereocenters. The van der Waals surface area contributed by atoms with E-state index < -0.39 is 5.97 Å². The van der Waals surface area contributed by atoms with Gasteiger partial charge in [0.15, 0.2) is 5.16 Å². The quantitative estimate of drug-likeness (QED) is 0.260. The summed E-state index contributed by atoms with van der Waals surface area (Å²) in [5, 5.41) is 0.623. The lowest BCUT2D eigenvalue weighted by Crippen LogP contribution is -2.07. The normalized spacial score (nSPS) is 10.8. The molecule has 0 aliphatic carbocycles. The molecule has 0 atom stereocenters. The average Bonchev–Trinajstić information content (AvgIpc) is 2.82. The highest BCUT2D eigenvalue weighted by Gasteiger charge is 2.19. The molecule has 2 aromatic carbocycles. The number of thioether (sulfide) groups is 1. The number of esters is 1. The molecular weight excluding hydrogens is 398 g/mol. The van der Waals surface area contributed by atoms with E-state index in [1.54, 1.807) is 13.2 Å². The fourth-order valence-electron chi connectivity index (χ4n) is 3.17. The maximum atomic E-state index is 12.3. The van der Waals surface area contributed by atoms with Crippen LogP contribution >= 0.6 is 11.8 Å². The Hall–Kier alpha value is -3.45. The smallest absolute Gasteiger partial charge is 0.356 e. The summed E-state index contributed by atoms with van der Waals surface area (Å²) in [7, 11) is 2.96. The molecule has 4 aromatic rings. The number of aromatic nitrogens is 3. The van der Waals surface area contributed by atoms with Crippen molar-refractivity contribution in [2.75, 3.05) is 20.5 Å². The molecule has 0 bridgehead atoms. The molecule has 6 nitrogen and oxygen atoms in total. The lowest BCUT2D eigenvalue weighted by atomic mass is 10.0. The first-order chi connectivity index (χ1) is 14.6. The molecule has 2 aromatic heterocycles. The van der Waals surface area contributed by atoms with E-state index in [2.05, 4.69) is 4.98 Å². The van der Waals surface area contributed by atoms with E-state index >= 15 is 0 Å². The van der Waals surface area contributed by atoms with Crippen LogP contribution in [0, 0.1) is 0 Å². The minimum atomic E-state index is -0.510. The minimum absolute atomic E-state index is 0.208. The minimum Gasteiger partial charge on any atom is -0.497 e. The topological polar surface area (TPSA) is 74.2 Å². The molecule has 0 aliphatic rings. The molecule has 4 rings (SSSR count). The zero-order valence-corrected chi connectivity index (χ0v) is 17.6. The number of hydrogen-bond donors (Lipinski definition) is 0. The SMILES string of the molecule is COC(=O)c1cc(-c2ccccc2)c2nc(SC)nc(-c3ccc(OC)cc3)c2n1. The van der Waals surface area contributed by atoms with Crippen LogP contribution < -0.4 is 4.74 Å². The summed E-state index contributed by atoms with van der Waals surface area (Å²) >= 11 is 1.45. The molecule has 150 valence electrons. The van der Waals surface area contributed by atoms with Gasteiger partial charge >= 0.3 is 5.97 Å². The fourth-order valence-corrected chi connectivity index (χ4v) is 3.54. The first-order valence-electron chi connectivity index (χ1n) is 9.19. The molecule has 7 heteroatoms. The second-order valence-corrected chi connectivity index (χ2v) is 7.17. The summed E-state index contributed by atoms with van der Waals surface area (Å²) in [5.74, 6) is 0.235. The van der Waals surface area contributed by atoms with Gasteiger partial charge in [-0.25, -0.2) is 19.7 Å². The lowest BCUT2D eigenvalue weighted by molar-refractivity contribution is 0.0594. The van der Waals surface area contributed by atoms with Gasteiger partial charge in [-0.1, -0.05) is 42.1 Å². The van der Waals surface area contributed by atoms with Crippen molar-refractivity contribution in [2.24, 2.45) is 0 Å². The molecule has 0 saturated heterocycles. The number of carbonyl (C=O) groups excluding carboxylic acids is 1. The standard InChI is InChI=1S/C23H19N3O3S/c1-28-16-11-9-15(10-12-16)19-21-20(26-23(25-19)30-3)17(14-7-5-4-6-8-14)13-18(24-21)22(27)29-2/h4-13H,1-3H3. The van der Waals surface area contributed by atoms with Crippen LogP contribution in [0.1, 0.15) is 10.5 Å². The van der Waals surface area contributed by atoms with Crippen LogP contribution in [0.5, 0.6) is 5.75 Å². The zero-order chi connectivity index (χ0) is 21.1. The molecule has 0 radical (unpaired) electrons. The van der Waals surface area contributed by atoms with Crippen molar-refractivity contribution >= 4 is 28.8 Å². The molecule has 0 saturated carbocycles. The number of benzene rings is 2. The third kappa shape index (κ3) is 3.71. The largest absolute Gasteiger partial charge is 0.497 e. The van der Waals surface area contributed by atoms with E-state index in [0.29, 0.717) is 21.9 Å². The number of rotatable bonds is 5. The van der Waals surface area contributed by atoms with Crippen molar-refractivity contribution < 1.29 is 14.3 Å². The Morgan fingerprint density at radius 3 is 2.23 bits per heavy atom. The maximum Gasteiger partial charge on any atom is 0.356 e. The Morgan fingerprint density at radius 1 is 0.867 bits per heavy atom. The molecule has 0 spiro atoms. The number of nitrogens with zero attached hydrogens (tertiary/aromatic N) is 3. The fraction of sp³-hybridized carbons (Fsp3) is 0.130. The monoisotopic (exact) mass is 417 g/mol. The number of fused-ring (bicyclic) bond motifs is 1. The first kappa shape index (κ1) is 19.8. The zero-order valence-electron chi connectivity index (χ0n) is 16.7. The Balaban J connectivity index is 2.07. The number of pyridine rings is 1. The van der Waals surface area contributed by atoms with E-state index in [9.17, 15) is 4.79 Å². The highest BCUT2D eigenvalue weighted by molar-refractivity contribution is 7.98. The van der Waals surface area contributed by atoms with Gasteiger partial charge in [-0.3, -0.25) is 0 Å². The summed E-state index contributed by atoms with van der Waals surface area (Å²) < 4.78 is 10.2. The van der Waals surface area contributed by atoms with Crippen LogP contribution in [0.4, 0.5) is 0 Å². The summed E-state index contributed by atoms with van der Waals surface area (Å²) in [4.78, 5) is 26.4. The van der Waals surface area contributed by atoms with Gasteiger partial charge in [0.1, 0.15) is 28.2 Å². The molecule has 0 fully saturated rings. The summed E-state index contributed by atoms with van der Waals surface area (Å²) in [6.45, 7) is 0. The van der Waals surface area contributed by atoms with Crippen LogP contribution in [-0.4, -0.2) is 41.4 Å². The summed E-state index contributed by atoms with van der Waals surface area (Å²) in [6, 6.07) is 19.1. The molecule has 2 heterocycles. The van der Waals surface area contributed by atoms with E-state index in [1.165, 1.54) is 18.9 Å². The van der Waals surface area contributed by atoms with Crippen molar-refractivity contribution in [1.82, 2.24) is 15.0 Å². The van der Waals surface area contributed by atoms with Crippen molar-refractivity contribution in [3.8, 4) is 28.1 Å². The van der Waals surface area contributed by atoms with Crippen LogP contribution in [0.3, 0.4) is 0 Å². The number of carbonyl (C=O) groups is 1. The Labute approximate surface area is 178 Å². The third-order valence-electron chi connectivity index (χ3n) is 4.66. The molecule has 0 N–H and O–H groups in total. The number of hydrogen-bond acceptors (Lipinski definition) is 7. The van der Waals surface area contributed by atoms with Crippen molar-refractivity contribution in [2.45, 2.75) is 5.16 Å². The molecule has 30 heavy (non-hydrogen) atoms. The number of ether oxygens (including phenoxy) is 2. The maximum absolute atomic E-state index is 12.3. The second-order valence-electron chi connectivity index (χ2n) is 6.40. The van der Waals surface area contributed by atoms with E-state index in [1.807, 2.05) is 60.9 Å². The molecule has 0 amide bonds. The predicted molar refractivity (Wildman–Crippen MR) is 118 cm³/mol. The Morgan fingerprint density at radius 2 is 1.60 bits per heavy atom. The third-order valence-corrected chi connectivity index (χ3v) is 5.21. The predicted octanol–water partition coefficient (Wildman–Crippen LogP) is 4.88. The van der Waals surface area contributed by atoms with E-state index in [0.717, 1.165) is 22.4 Å². The van der Waals surface area contributed by atoms with Gasteiger partial charge < -0.3 is 9.47 Å². The number of methoxy groups -OCH3 is 2. The highest BCUT2D eigenvalue weighted by atomic mass is 32.2. The summed E-state index contributed by atoms with van der Waals surface area (Å²) in [5.41, 5.74) is 4.66. The van der Waals surface area contributed by atoms with Gasteiger partial charge in [-0.15, -0.1) is 0 Å². The van der Waals surface area contributed by atoms with Crippen molar-refractivity contribution in [3.63, 3.8) is 0 Å². The molecule has 0 aliphatic heterocycles. The van der Waals surface area contributed by atoms with E-state index in [-0.39, 0.29) is 5.69 Å². The van der Waals surface area contributed by atoms with Gasteiger partial charge in [0, 0.05) is 11.1 Å². The van der Waals surface area contributed by atoms with Gasteiger partial charge in [-0.2, -0.15) is 0 Å². The van der Waals surface area contributed by atoms with Gasteiger partial charge in [-0.05, 0) is 42.2 Å². The first-order valence-corrected chi connectivity index (χ1v) is 10.4. The highest BCUT2D eigenvalue weighted by Crippen LogP contribution is 2.34.